The molecular formula is C23H23N3O3. The summed E-state index contributed by atoms with van der Waals surface area (Å²) in [5, 5.41) is 5.46. The van der Waals surface area contributed by atoms with E-state index < -0.39 is 11.6 Å². The van der Waals surface area contributed by atoms with E-state index in [1.54, 1.807) is 19.9 Å². The summed E-state index contributed by atoms with van der Waals surface area (Å²) in [6.07, 6.45) is 0.603. The number of carbonyl (C=O) groups is 3. The van der Waals surface area contributed by atoms with Gasteiger partial charge in [0, 0.05) is 29.8 Å². The summed E-state index contributed by atoms with van der Waals surface area (Å²) in [5.74, 6) is 5.72. The first-order chi connectivity index (χ1) is 13.8. The van der Waals surface area contributed by atoms with Crippen LogP contribution in [0, 0.1) is 11.8 Å². The minimum absolute atomic E-state index is 0.176. The molecule has 0 spiro atoms. The Balaban J connectivity index is 1.52. The molecule has 4 amide bonds. The van der Waals surface area contributed by atoms with Crippen molar-refractivity contribution in [3.8, 4) is 11.8 Å². The van der Waals surface area contributed by atoms with E-state index in [4.69, 9.17) is 0 Å². The van der Waals surface area contributed by atoms with E-state index in [9.17, 15) is 14.4 Å². The molecule has 148 valence electrons. The first-order valence-electron chi connectivity index (χ1n) is 9.46. The van der Waals surface area contributed by atoms with Gasteiger partial charge in [0.1, 0.15) is 5.54 Å². The normalized spacial score (nSPS) is 14.8. The number of rotatable bonds is 5. The molecule has 1 saturated heterocycles. The van der Waals surface area contributed by atoms with Crippen molar-refractivity contribution < 1.29 is 14.4 Å². The van der Waals surface area contributed by atoms with Gasteiger partial charge in [0.05, 0.1) is 0 Å². The van der Waals surface area contributed by atoms with Gasteiger partial charge < -0.3 is 10.6 Å². The topological polar surface area (TPSA) is 78.5 Å². The number of imide groups is 1. The third kappa shape index (κ3) is 5.23. The molecule has 1 aliphatic heterocycles. The van der Waals surface area contributed by atoms with Crippen molar-refractivity contribution in [3.05, 3.63) is 65.7 Å². The van der Waals surface area contributed by atoms with Crippen LogP contribution in [0.25, 0.3) is 0 Å². The van der Waals surface area contributed by atoms with Crippen LogP contribution in [0.5, 0.6) is 0 Å². The third-order valence-electron chi connectivity index (χ3n) is 4.50. The van der Waals surface area contributed by atoms with Gasteiger partial charge in [0.25, 0.3) is 5.91 Å². The maximum atomic E-state index is 12.2. The number of anilines is 1. The Morgan fingerprint density at radius 3 is 2.41 bits per heavy atom. The summed E-state index contributed by atoms with van der Waals surface area (Å²) < 4.78 is 0. The molecular weight excluding hydrogens is 366 g/mol. The highest BCUT2D eigenvalue weighted by molar-refractivity contribution is 6.06. The van der Waals surface area contributed by atoms with Crippen LogP contribution in [0.15, 0.2) is 54.6 Å². The summed E-state index contributed by atoms with van der Waals surface area (Å²) in [7, 11) is 0. The van der Waals surface area contributed by atoms with E-state index in [2.05, 4.69) is 22.5 Å². The first kappa shape index (κ1) is 20.2. The molecule has 0 aliphatic carbocycles. The highest BCUT2D eigenvalue weighted by Gasteiger charge is 2.43. The monoisotopic (exact) mass is 389 g/mol. The molecule has 6 nitrogen and oxygen atoms in total. The van der Waals surface area contributed by atoms with Gasteiger partial charge in [-0.05, 0) is 50.6 Å². The first-order valence-corrected chi connectivity index (χ1v) is 9.46. The average Bonchev–Trinajstić information content (AvgIpc) is 2.89. The molecule has 0 unspecified atom stereocenters. The molecule has 0 radical (unpaired) electrons. The van der Waals surface area contributed by atoms with Crippen LogP contribution >= 0.6 is 0 Å². The molecule has 1 aliphatic rings. The Kier molecular flexibility index (Phi) is 5.99. The van der Waals surface area contributed by atoms with E-state index in [-0.39, 0.29) is 24.8 Å². The van der Waals surface area contributed by atoms with Crippen molar-refractivity contribution in [2.75, 3.05) is 11.9 Å². The van der Waals surface area contributed by atoms with Crippen LogP contribution in [-0.2, 0) is 9.59 Å². The molecule has 2 aromatic carbocycles. The van der Waals surface area contributed by atoms with Crippen LogP contribution in [0.1, 0.15) is 37.8 Å². The molecule has 2 N–H and O–H groups in total. The lowest BCUT2D eigenvalue weighted by molar-refractivity contribution is -0.130. The van der Waals surface area contributed by atoms with Crippen molar-refractivity contribution in [2.24, 2.45) is 0 Å². The maximum absolute atomic E-state index is 12.2. The standard InChI is InChI=1S/C23H23N3O3/c1-23(2)21(28)26(22(29)25-23)15-7-12-20(27)24-19-11-6-10-18(16-19)14-13-17-8-4-3-5-9-17/h3-6,8-11,16H,7,12,15H2,1-2H3,(H,24,27)(H,25,29). The quantitative estimate of drug-likeness (QED) is 0.609. The molecule has 2 aromatic rings. The molecule has 0 atom stereocenters. The van der Waals surface area contributed by atoms with Crippen LogP contribution in [0.2, 0.25) is 0 Å². The van der Waals surface area contributed by atoms with Crippen molar-refractivity contribution in [3.63, 3.8) is 0 Å². The molecule has 1 fully saturated rings. The van der Waals surface area contributed by atoms with Gasteiger partial charge in [-0.3, -0.25) is 14.5 Å². The Morgan fingerprint density at radius 2 is 1.72 bits per heavy atom. The van der Waals surface area contributed by atoms with Crippen molar-refractivity contribution in [2.45, 2.75) is 32.2 Å². The number of benzene rings is 2. The fourth-order valence-electron chi connectivity index (χ4n) is 2.98. The van der Waals surface area contributed by atoms with E-state index in [0.29, 0.717) is 12.1 Å². The highest BCUT2D eigenvalue weighted by atomic mass is 16.2. The number of hydrogen-bond acceptors (Lipinski definition) is 3. The van der Waals surface area contributed by atoms with Crippen LogP contribution in [0.4, 0.5) is 10.5 Å². The largest absolute Gasteiger partial charge is 0.326 e. The summed E-state index contributed by atoms with van der Waals surface area (Å²) in [6.45, 7) is 3.53. The maximum Gasteiger partial charge on any atom is 0.325 e. The van der Waals surface area contributed by atoms with Crippen molar-refractivity contribution >= 4 is 23.5 Å². The predicted molar refractivity (Wildman–Crippen MR) is 111 cm³/mol. The Morgan fingerprint density at radius 1 is 1.03 bits per heavy atom. The number of hydrogen-bond donors (Lipinski definition) is 2. The molecule has 29 heavy (non-hydrogen) atoms. The van der Waals surface area contributed by atoms with Crippen LogP contribution in [-0.4, -0.2) is 34.8 Å². The zero-order valence-corrected chi connectivity index (χ0v) is 16.5. The third-order valence-corrected chi connectivity index (χ3v) is 4.50. The lowest BCUT2D eigenvalue weighted by Crippen LogP contribution is -2.40. The number of amides is 4. The van der Waals surface area contributed by atoms with Gasteiger partial charge in [0.15, 0.2) is 0 Å². The smallest absolute Gasteiger partial charge is 0.325 e. The van der Waals surface area contributed by atoms with Gasteiger partial charge in [0.2, 0.25) is 5.91 Å². The second kappa shape index (κ2) is 8.61. The van der Waals surface area contributed by atoms with Gasteiger partial charge >= 0.3 is 6.03 Å². The second-order valence-corrected chi connectivity index (χ2v) is 7.36. The van der Waals surface area contributed by atoms with Gasteiger partial charge in [-0.15, -0.1) is 0 Å². The zero-order valence-electron chi connectivity index (χ0n) is 16.5. The minimum atomic E-state index is -0.888. The zero-order chi connectivity index (χ0) is 20.9. The number of carbonyl (C=O) groups excluding carboxylic acids is 3. The van der Waals surface area contributed by atoms with Gasteiger partial charge in [-0.25, -0.2) is 4.79 Å². The SMILES string of the molecule is CC1(C)NC(=O)N(CCCC(=O)Nc2cccc(C#Cc3ccccc3)c2)C1=O. The fourth-order valence-corrected chi connectivity index (χ4v) is 2.98. The van der Waals surface area contributed by atoms with Crippen LogP contribution in [0.3, 0.4) is 0 Å². The van der Waals surface area contributed by atoms with Crippen molar-refractivity contribution in [1.29, 1.82) is 0 Å². The number of nitrogens with zero attached hydrogens (tertiary/aromatic N) is 1. The second-order valence-electron chi connectivity index (χ2n) is 7.36. The van der Waals surface area contributed by atoms with Crippen molar-refractivity contribution in [1.82, 2.24) is 10.2 Å². The average molecular weight is 389 g/mol. The fraction of sp³-hybridized carbons (Fsp3) is 0.261. The van der Waals surface area contributed by atoms with E-state index in [1.165, 1.54) is 0 Å². The van der Waals surface area contributed by atoms with E-state index >= 15 is 0 Å². The van der Waals surface area contributed by atoms with Crippen LogP contribution < -0.4 is 10.6 Å². The number of urea groups is 1. The lowest BCUT2D eigenvalue weighted by Gasteiger charge is -2.15. The summed E-state index contributed by atoms with van der Waals surface area (Å²) in [6, 6.07) is 16.6. The molecule has 1 heterocycles. The molecule has 0 aromatic heterocycles. The Hall–Kier alpha value is -3.59. The van der Waals surface area contributed by atoms with Gasteiger partial charge in [-0.1, -0.05) is 36.1 Å². The summed E-state index contributed by atoms with van der Waals surface area (Å²) in [5.41, 5.74) is 1.49. The van der Waals surface area contributed by atoms with Gasteiger partial charge in [-0.2, -0.15) is 0 Å². The summed E-state index contributed by atoms with van der Waals surface area (Å²) in [4.78, 5) is 37.4. The predicted octanol–water partition coefficient (Wildman–Crippen LogP) is 3.14. The highest BCUT2D eigenvalue weighted by Crippen LogP contribution is 2.17. The number of nitrogens with one attached hydrogen (secondary N) is 2. The minimum Gasteiger partial charge on any atom is -0.326 e. The Bertz CT molecular complexity index is 987. The molecule has 3 rings (SSSR count). The summed E-state index contributed by atoms with van der Waals surface area (Å²) >= 11 is 0. The van der Waals surface area contributed by atoms with E-state index in [0.717, 1.165) is 16.0 Å². The molecule has 0 saturated carbocycles. The lowest BCUT2D eigenvalue weighted by atomic mass is 10.1. The molecule has 0 bridgehead atoms. The van der Waals surface area contributed by atoms with E-state index in [1.807, 2.05) is 48.5 Å². The molecule has 6 heteroatoms. The Labute approximate surface area is 170 Å².